The number of carbonyl (C=O) groups excluding carboxylic acids is 1. The van der Waals surface area contributed by atoms with Crippen LogP contribution in [0.25, 0.3) is 5.70 Å². The van der Waals surface area contributed by atoms with Gasteiger partial charge in [-0.1, -0.05) is 12.0 Å². The van der Waals surface area contributed by atoms with Crippen molar-refractivity contribution in [2.45, 2.75) is 18.9 Å². The summed E-state index contributed by atoms with van der Waals surface area (Å²) in [5.41, 5.74) is 3.06. The van der Waals surface area contributed by atoms with Gasteiger partial charge in [-0.3, -0.25) is 9.48 Å². The van der Waals surface area contributed by atoms with Crippen LogP contribution in [0, 0.1) is 12.3 Å². The van der Waals surface area contributed by atoms with Crippen LogP contribution in [0.5, 0.6) is 0 Å². The van der Waals surface area contributed by atoms with E-state index in [4.69, 9.17) is 16.1 Å². The quantitative estimate of drug-likeness (QED) is 0.742. The molecule has 0 bridgehead atoms. The molecular weight excluding hydrogens is 366 g/mol. The second-order valence-electron chi connectivity index (χ2n) is 7.62. The number of pyridine rings is 1. The van der Waals surface area contributed by atoms with Gasteiger partial charge in [0.15, 0.2) is 5.78 Å². The molecule has 4 heterocycles. The number of likely N-dealkylation sites (tertiary alicyclic amines) is 1. The summed E-state index contributed by atoms with van der Waals surface area (Å²) in [5.74, 6) is 3.58. The van der Waals surface area contributed by atoms with Crippen molar-refractivity contribution in [2.24, 2.45) is 0 Å². The molecule has 3 aliphatic rings. The molecule has 1 aliphatic carbocycles. The first-order valence-corrected chi connectivity index (χ1v) is 10.1. The summed E-state index contributed by atoms with van der Waals surface area (Å²) in [5, 5.41) is 4.38. The van der Waals surface area contributed by atoms with Gasteiger partial charge in [0.1, 0.15) is 5.82 Å². The molecule has 7 heteroatoms. The number of morpholine rings is 1. The monoisotopic (exact) mass is 389 g/mol. The molecule has 2 aromatic heterocycles. The van der Waals surface area contributed by atoms with Gasteiger partial charge in [0.25, 0.3) is 0 Å². The lowest BCUT2D eigenvalue weighted by molar-refractivity contribution is -0.114. The highest BCUT2D eigenvalue weighted by Crippen LogP contribution is 2.36. The van der Waals surface area contributed by atoms with Gasteiger partial charge in [-0.05, 0) is 24.1 Å². The highest BCUT2D eigenvalue weighted by atomic mass is 16.5. The van der Waals surface area contributed by atoms with Crippen molar-refractivity contribution in [3.63, 3.8) is 0 Å². The molecule has 0 unspecified atom stereocenters. The van der Waals surface area contributed by atoms with E-state index in [0.29, 0.717) is 25.2 Å². The van der Waals surface area contributed by atoms with Gasteiger partial charge in [0.2, 0.25) is 0 Å². The van der Waals surface area contributed by atoms with E-state index >= 15 is 0 Å². The van der Waals surface area contributed by atoms with Crippen LogP contribution in [0.15, 0.2) is 36.2 Å². The lowest BCUT2D eigenvalue weighted by Gasteiger charge is -2.31. The minimum Gasteiger partial charge on any atom is -0.378 e. The van der Waals surface area contributed by atoms with Crippen LogP contribution in [0.1, 0.15) is 23.7 Å². The number of terminal acetylenes is 1. The van der Waals surface area contributed by atoms with E-state index in [9.17, 15) is 4.79 Å². The molecule has 148 valence electrons. The van der Waals surface area contributed by atoms with Crippen molar-refractivity contribution in [1.29, 1.82) is 0 Å². The summed E-state index contributed by atoms with van der Waals surface area (Å²) in [4.78, 5) is 22.2. The molecule has 5 rings (SSSR count). The van der Waals surface area contributed by atoms with E-state index in [1.54, 1.807) is 6.20 Å². The first-order valence-electron chi connectivity index (χ1n) is 10.1. The topological polar surface area (TPSA) is 63.5 Å². The van der Waals surface area contributed by atoms with E-state index in [1.807, 2.05) is 29.1 Å². The van der Waals surface area contributed by atoms with Gasteiger partial charge >= 0.3 is 0 Å². The zero-order chi connectivity index (χ0) is 19.8. The third-order valence-electron chi connectivity index (χ3n) is 5.91. The van der Waals surface area contributed by atoms with Crippen molar-refractivity contribution in [1.82, 2.24) is 19.7 Å². The lowest BCUT2D eigenvalue weighted by Crippen LogP contribution is -2.37. The number of nitrogens with zero attached hydrogens (tertiary/aromatic N) is 5. The fourth-order valence-corrected chi connectivity index (χ4v) is 4.42. The van der Waals surface area contributed by atoms with Crippen molar-refractivity contribution in [2.75, 3.05) is 44.3 Å². The number of fused-ring (bicyclic) bond motifs is 1. The average molecular weight is 389 g/mol. The fraction of sp³-hybridized carbons (Fsp3) is 0.409. The minimum atomic E-state index is -0.00142. The Kier molecular flexibility index (Phi) is 4.57. The predicted octanol–water partition coefficient (Wildman–Crippen LogP) is 1.53. The van der Waals surface area contributed by atoms with Gasteiger partial charge in [-0.2, -0.15) is 5.10 Å². The maximum absolute atomic E-state index is 12.8. The van der Waals surface area contributed by atoms with E-state index in [-0.39, 0.29) is 11.8 Å². The SMILES string of the molecule is C#CC1=C(N2CC[C@@H](n3cccn3)C2)c2nc(N3CCOCC3)ccc2CC1=O. The van der Waals surface area contributed by atoms with Crippen molar-refractivity contribution in [3.05, 3.63) is 47.4 Å². The average Bonchev–Trinajstić information content (AvgIpc) is 3.45. The van der Waals surface area contributed by atoms with Crippen LogP contribution in [0.3, 0.4) is 0 Å². The first-order chi connectivity index (χ1) is 14.2. The van der Waals surface area contributed by atoms with Gasteiger partial charge in [0, 0.05) is 45.0 Å². The van der Waals surface area contributed by atoms with Gasteiger partial charge in [-0.25, -0.2) is 4.98 Å². The molecule has 2 saturated heterocycles. The largest absolute Gasteiger partial charge is 0.378 e. The van der Waals surface area contributed by atoms with E-state index < -0.39 is 0 Å². The second-order valence-corrected chi connectivity index (χ2v) is 7.62. The highest BCUT2D eigenvalue weighted by molar-refractivity contribution is 6.09. The third-order valence-corrected chi connectivity index (χ3v) is 5.91. The molecule has 0 saturated carbocycles. The molecule has 0 spiro atoms. The van der Waals surface area contributed by atoms with E-state index in [2.05, 4.69) is 20.8 Å². The summed E-state index contributed by atoms with van der Waals surface area (Å²) in [6.07, 6.45) is 10.8. The number of anilines is 1. The van der Waals surface area contributed by atoms with Crippen LogP contribution >= 0.6 is 0 Å². The standard InChI is InChI=1S/C22H23N5O2/c1-2-18-19(28)14-16-4-5-20(25-10-12-29-13-11-25)24-21(16)22(18)26-9-6-17(15-26)27-8-3-7-23-27/h1,3-5,7-8,17H,6,9-15H2/t17-/m1/s1. The Balaban J connectivity index is 1.53. The van der Waals surface area contributed by atoms with Gasteiger partial charge in [0.05, 0.1) is 36.2 Å². The number of rotatable bonds is 3. The zero-order valence-corrected chi connectivity index (χ0v) is 16.3. The Morgan fingerprint density at radius 1 is 1.17 bits per heavy atom. The summed E-state index contributed by atoms with van der Waals surface area (Å²) >= 11 is 0. The predicted molar refractivity (Wildman–Crippen MR) is 109 cm³/mol. The van der Waals surface area contributed by atoms with E-state index in [0.717, 1.165) is 55.4 Å². The summed E-state index contributed by atoms with van der Waals surface area (Å²) in [7, 11) is 0. The molecule has 2 aromatic rings. The maximum atomic E-state index is 12.8. The second kappa shape index (κ2) is 7.37. The number of aromatic nitrogens is 3. The number of hydrogen-bond donors (Lipinski definition) is 0. The lowest BCUT2D eigenvalue weighted by atomic mass is 9.91. The number of allylic oxidation sites excluding steroid dienone is 1. The smallest absolute Gasteiger partial charge is 0.177 e. The molecule has 7 nitrogen and oxygen atoms in total. The highest BCUT2D eigenvalue weighted by Gasteiger charge is 2.34. The molecule has 2 fully saturated rings. The summed E-state index contributed by atoms with van der Waals surface area (Å²) in [6, 6.07) is 6.23. The van der Waals surface area contributed by atoms with Crippen molar-refractivity contribution < 1.29 is 9.53 Å². The fourth-order valence-electron chi connectivity index (χ4n) is 4.42. The Morgan fingerprint density at radius 3 is 2.79 bits per heavy atom. The van der Waals surface area contributed by atoms with Crippen molar-refractivity contribution in [3.8, 4) is 12.3 Å². The third kappa shape index (κ3) is 3.19. The summed E-state index contributed by atoms with van der Waals surface area (Å²) in [6.45, 7) is 4.62. The molecule has 0 N–H and O–H groups in total. The van der Waals surface area contributed by atoms with Crippen LogP contribution < -0.4 is 4.90 Å². The molecule has 2 aliphatic heterocycles. The molecular formula is C22H23N5O2. The molecule has 0 amide bonds. The van der Waals surface area contributed by atoms with E-state index in [1.165, 1.54) is 0 Å². The molecule has 0 radical (unpaired) electrons. The van der Waals surface area contributed by atoms with Gasteiger partial charge < -0.3 is 14.5 Å². The normalized spacial score (nSPS) is 22.0. The minimum absolute atomic E-state index is 0.00142. The number of carbonyl (C=O) groups is 1. The first kappa shape index (κ1) is 18.0. The number of hydrogen-bond acceptors (Lipinski definition) is 6. The zero-order valence-electron chi connectivity index (χ0n) is 16.3. The van der Waals surface area contributed by atoms with Crippen LogP contribution in [-0.4, -0.2) is 64.8 Å². The van der Waals surface area contributed by atoms with Gasteiger partial charge in [-0.15, -0.1) is 6.42 Å². The Hall–Kier alpha value is -3.11. The maximum Gasteiger partial charge on any atom is 0.177 e. The Bertz CT molecular complexity index is 999. The summed E-state index contributed by atoms with van der Waals surface area (Å²) < 4.78 is 7.45. The Morgan fingerprint density at radius 2 is 2.03 bits per heavy atom. The van der Waals surface area contributed by atoms with Crippen LogP contribution in [-0.2, 0) is 16.0 Å². The Labute approximate surface area is 170 Å². The van der Waals surface area contributed by atoms with Crippen LogP contribution in [0.2, 0.25) is 0 Å². The van der Waals surface area contributed by atoms with Crippen molar-refractivity contribution >= 4 is 17.3 Å². The molecule has 1 atom stereocenters. The number of ketones is 1. The number of Topliss-reactive ketones (excluding diaryl/α,β-unsaturated/α-hetero) is 1. The number of ether oxygens (including phenoxy) is 1. The molecule has 0 aromatic carbocycles. The van der Waals surface area contributed by atoms with Crippen LogP contribution in [0.4, 0.5) is 5.82 Å². The molecule has 29 heavy (non-hydrogen) atoms.